The van der Waals surface area contributed by atoms with Crippen LogP contribution in [0, 0.1) is 0 Å². The Morgan fingerprint density at radius 3 is 2.14 bits per heavy atom. The lowest BCUT2D eigenvalue weighted by Gasteiger charge is -2.34. The second-order valence-corrected chi connectivity index (χ2v) is 9.71. The summed E-state index contributed by atoms with van der Waals surface area (Å²) in [5.41, 5.74) is 3.97. The summed E-state index contributed by atoms with van der Waals surface area (Å²) in [5, 5.41) is 17.6. The van der Waals surface area contributed by atoms with Crippen LogP contribution in [0.3, 0.4) is 0 Å². The maximum atomic E-state index is 13.2. The zero-order valence-electron chi connectivity index (χ0n) is 21.3. The lowest BCUT2D eigenvalue weighted by molar-refractivity contribution is 0.0826. The number of carbonyl (C=O) groups is 1. The molecule has 6 nitrogen and oxygen atoms in total. The van der Waals surface area contributed by atoms with Crippen LogP contribution >= 0.6 is 0 Å². The van der Waals surface area contributed by atoms with Gasteiger partial charge >= 0.3 is 0 Å². The van der Waals surface area contributed by atoms with Gasteiger partial charge in [0.05, 0.1) is 12.1 Å². The molecule has 1 amide bonds. The maximum Gasteiger partial charge on any atom is 0.251 e. The minimum atomic E-state index is -0.745. The molecular formula is C30H38N4O2. The number of piperazine rings is 1. The number of nitrogens with zero attached hydrogens (tertiary/aromatic N) is 2. The molecule has 3 N–H and O–H groups in total. The van der Waals surface area contributed by atoms with Crippen molar-refractivity contribution in [3.8, 4) is 0 Å². The second-order valence-electron chi connectivity index (χ2n) is 9.71. The second kappa shape index (κ2) is 12.7. The predicted octanol–water partition coefficient (Wildman–Crippen LogP) is 3.49. The molecule has 0 spiro atoms. The summed E-state index contributed by atoms with van der Waals surface area (Å²) < 4.78 is 0. The van der Waals surface area contributed by atoms with Gasteiger partial charge in [0.15, 0.2) is 0 Å². The fourth-order valence-electron chi connectivity index (χ4n) is 4.59. The van der Waals surface area contributed by atoms with Gasteiger partial charge in [0.25, 0.3) is 5.91 Å². The molecule has 0 radical (unpaired) electrons. The Labute approximate surface area is 214 Å². The molecule has 6 heteroatoms. The number of amides is 1. The first-order valence-electron chi connectivity index (χ1n) is 12.8. The van der Waals surface area contributed by atoms with Crippen molar-refractivity contribution in [1.82, 2.24) is 15.5 Å². The summed E-state index contributed by atoms with van der Waals surface area (Å²) in [6.45, 7) is 6.50. The third kappa shape index (κ3) is 7.17. The Balaban J connectivity index is 1.40. The average molecular weight is 487 g/mol. The van der Waals surface area contributed by atoms with Crippen LogP contribution in [-0.2, 0) is 6.42 Å². The third-order valence-corrected chi connectivity index (χ3v) is 7.01. The summed E-state index contributed by atoms with van der Waals surface area (Å²) in [5.74, 6) is -0.170. The van der Waals surface area contributed by atoms with Crippen LogP contribution in [0.25, 0.3) is 0 Å². The molecule has 1 heterocycles. The van der Waals surface area contributed by atoms with Crippen LogP contribution in [0.2, 0.25) is 0 Å². The number of hydrogen-bond donors (Lipinski definition) is 3. The maximum absolute atomic E-state index is 13.2. The van der Waals surface area contributed by atoms with Gasteiger partial charge in [-0.3, -0.25) is 4.79 Å². The summed E-state index contributed by atoms with van der Waals surface area (Å²) in [7, 11) is 2.14. The number of hydrogen-bond acceptors (Lipinski definition) is 5. The van der Waals surface area contributed by atoms with Crippen LogP contribution in [0.1, 0.15) is 34.5 Å². The molecule has 1 aliphatic heterocycles. The number of aliphatic hydroxyl groups is 1. The van der Waals surface area contributed by atoms with E-state index in [0.717, 1.165) is 43.0 Å². The molecule has 36 heavy (non-hydrogen) atoms. The highest BCUT2D eigenvalue weighted by Crippen LogP contribution is 2.18. The monoisotopic (exact) mass is 486 g/mol. The number of benzene rings is 3. The van der Waals surface area contributed by atoms with Gasteiger partial charge in [-0.2, -0.15) is 0 Å². The van der Waals surface area contributed by atoms with E-state index in [9.17, 15) is 9.90 Å². The molecule has 3 aromatic rings. The van der Waals surface area contributed by atoms with Gasteiger partial charge in [0.2, 0.25) is 0 Å². The topological polar surface area (TPSA) is 67.8 Å². The number of likely N-dealkylation sites (N-methyl/N-ethyl adjacent to an activating group) is 1. The molecule has 1 fully saturated rings. The first-order valence-corrected chi connectivity index (χ1v) is 12.8. The van der Waals surface area contributed by atoms with Crippen molar-refractivity contribution in [3.63, 3.8) is 0 Å². The van der Waals surface area contributed by atoms with Crippen molar-refractivity contribution in [1.29, 1.82) is 0 Å². The van der Waals surface area contributed by atoms with Gasteiger partial charge in [0, 0.05) is 50.0 Å². The molecule has 0 bridgehead atoms. The van der Waals surface area contributed by atoms with Gasteiger partial charge in [-0.15, -0.1) is 0 Å². The first-order chi connectivity index (χ1) is 17.5. The van der Waals surface area contributed by atoms with Crippen molar-refractivity contribution in [2.45, 2.75) is 31.5 Å². The minimum Gasteiger partial charge on any atom is -0.390 e. The van der Waals surface area contributed by atoms with Gasteiger partial charge in [-0.05, 0) is 55.8 Å². The lowest BCUT2D eigenvalue weighted by atomic mass is 10.00. The molecule has 1 saturated heterocycles. The Hall–Kier alpha value is -3.19. The molecule has 0 unspecified atom stereocenters. The fraction of sp³-hybridized carbons (Fsp3) is 0.367. The Bertz CT molecular complexity index is 1070. The van der Waals surface area contributed by atoms with E-state index in [1.807, 2.05) is 72.8 Å². The number of carbonyl (C=O) groups excluding carboxylic acids is 1. The zero-order valence-corrected chi connectivity index (χ0v) is 21.3. The molecule has 3 atom stereocenters. The van der Waals surface area contributed by atoms with Crippen molar-refractivity contribution < 1.29 is 9.90 Å². The van der Waals surface area contributed by atoms with E-state index in [4.69, 9.17) is 0 Å². The standard InChI is InChI=1S/C30H38N4O2/c1-23(25-11-7-4-8-12-25)31-22-29(35)28(21-24-9-5-3-6-10-24)32-30(36)26-13-15-27(16-14-26)34-19-17-33(2)18-20-34/h3-16,23,28-29,31,35H,17-22H2,1-2H3,(H,32,36)/t23-,28+,29-/m1/s1. The quantitative estimate of drug-likeness (QED) is 0.409. The number of nitrogens with one attached hydrogen (secondary N) is 2. The van der Waals surface area contributed by atoms with Crippen molar-refractivity contribution >= 4 is 11.6 Å². The van der Waals surface area contributed by atoms with E-state index < -0.39 is 12.1 Å². The molecular weight excluding hydrogens is 448 g/mol. The van der Waals surface area contributed by atoms with Crippen LogP contribution in [0.4, 0.5) is 5.69 Å². The van der Waals surface area contributed by atoms with Gasteiger partial charge in [-0.25, -0.2) is 0 Å². The molecule has 190 valence electrons. The first kappa shape index (κ1) is 25.9. The van der Waals surface area contributed by atoms with E-state index in [-0.39, 0.29) is 11.9 Å². The van der Waals surface area contributed by atoms with Gasteiger partial charge in [0.1, 0.15) is 0 Å². The van der Waals surface area contributed by atoms with E-state index in [1.165, 1.54) is 0 Å². The molecule has 0 aromatic heterocycles. The number of rotatable bonds is 10. The zero-order chi connectivity index (χ0) is 25.3. The third-order valence-electron chi connectivity index (χ3n) is 7.01. The Morgan fingerprint density at radius 1 is 0.889 bits per heavy atom. The van der Waals surface area contributed by atoms with Crippen LogP contribution in [0.5, 0.6) is 0 Å². The molecule has 4 rings (SSSR count). The molecule has 3 aromatic carbocycles. The smallest absolute Gasteiger partial charge is 0.251 e. The molecule has 0 saturated carbocycles. The van der Waals surface area contributed by atoms with E-state index in [0.29, 0.717) is 18.5 Å². The summed E-state index contributed by atoms with van der Waals surface area (Å²) in [4.78, 5) is 17.9. The minimum absolute atomic E-state index is 0.0936. The Morgan fingerprint density at radius 2 is 1.50 bits per heavy atom. The van der Waals surface area contributed by atoms with Crippen molar-refractivity contribution in [3.05, 3.63) is 102 Å². The summed E-state index contributed by atoms with van der Waals surface area (Å²) in [6.07, 6.45) is -0.195. The lowest BCUT2D eigenvalue weighted by Crippen LogP contribution is -2.49. The van der Waals surface area contributed by atoms with Crippen LogP contribution in [0.15, 0.2) is 84.9 Å². The summed E-state index contributed by atoms with van der Waals surface area (Å²) >= 11 is 0. The van der Waals surface area contributed by atoms with E-state index in [1.54, 1.807) is 0 Å². The predicted molar refractivity (Wildman–Crippen MR) is 146 cm³/mol. The summed E-state index contributed by atoms with van der Waals surface area (Å²) in [6, 6.07) is 27.6. The highest BCUT2D eigenvalue weighted by Gasteiger charge is 2.23. The number of aliphatic hydroxyl groups excluding tert-OH is 1. The highest BCUT2D eigenvalue weighted by atomic mass is 16.3. The van der Waals surface area contributed by atoms with E-state index >= 15 is 0 Å². The molecule has 1 aliphatic rings. The van der Waals surface area contributed by atoms with Gasteiger partial charge < -0.3 is 25.5 Å². The largest absolute Gasteiger partial charge is 0.390 e. The fourth-order valence-corrected chi connectivity index (χ4v) is 4.59. The highest BCUT2D eigenvalue weighted by molar-refractivity contribution is 5.94. The molecule has 0 aliphatic carbocycles. The van der Waals surface area contributed by atoms with Gasteiger partial charge in [-0.1, -0.05) is 60.7 Å². The Kier molecular flexibility index (Phi) is 9.11. The van der Waals surface area contributed by atoms with Crippen molar-refractivity contribution in [2.75, 3.05) is 44.7 Å². The van der Waals surface area contributed by atoms with E-state index in [2.05, 4.69) is 46.5 Å². The van der Waals surface area contributed by atoms with Crippen molar-refractivity contribution in [2.24, 2.45) is 0 Å². The normalized spacial score (nSPS) is 16.8. The number of anilines is 1. The van der Waals surface area contributed by atoms with Crippen LogP contribution < -0.4 is 15.5 Å². The van der Waals surface area contributed by atoms with Crippen LogP contribution in [-0.4, -0.2) is 67.8 Å². The average Bonchev–Trinajstić information content (AvgIpc) is 2.92. The SMILES string of the molecule is C[C@@H](NC[C@@H](O)[C@H](Cc1ccccc1)NC(=O)c1ccc(N2CCN(C)CC2)cc1)c1ccccc1.